The number of anilines is 3. The predicted octanol–water partition coefficient (Wildman–Crippen LogP) is 2.55. The van der Waals surface area contributed by atoms with Gasteiger partial charge in [-0.15, -0.1) is 0 Å². The molecule has 0 saturated carbocycles. The average molecular weight is 316 g/mol. The highest BCUT2D eigenvalue weighted by molar-refractivity contribution is 9.10. The number of hydrazine groups is 1. The first-order valence-electron chi connectivity index (χ1n) is 4.81. The molecule has 8 heteroatoms. The first-order valence-corrected chi connectivity index (χ1v) is 5.60. The second-order valence-electron chi connectivity index (χ2n) is 3.28. The molecular formula is C10H8BrF2N5. The molecule has 0 fully saturated rings. The molecule has 2 aromatic rings. The third kappa shape index (κ3) is 2.54. The third-order valence-electron chi connectivity index (χ3n) is 2.11. The lowest BCUT2D eigenvalue weighted by Gasteiger charge is -2.10. The molecule has 5 nitrogen and oxygen atoms in total. The molecule has 1 aromatic heterocycles. The summed E-state index contributed by atoms with van der Waals surface area (Å²) in [7, 11) is 0. The van der Waals surface area contributed by atoms with Crippen LogP contribution in [0.3, 0.4) is 0 Å². The Balaban J connectivity index is 2.37. The van der Waals surface area contributed by atoms with Gasteiger partial charge in [-0.3, -0.25) is 0 Å². The van der Waals surface area contributed by atoms with Gasteiger partial charge in [0.25, 0.3) is 0 Å². The average Bonchev–Trinajstić information content (AvgIpc) is 2.36. The van der Waals surface area contributed by atoms with Gasteiger partial charge in [-0.2, -0.15) is 0 Å². The lowest BCUT2D eigenvalue weighted by molar-refractivity contribution is 0.603. The Hall–Kier alpha value is -1.80. The van der Waals surface area contributed by atoms with Crippen molar-refractivity contribution in [3.63, 3.8) is 0 Å². The summed E-state index contributed by atoms with van der Waals surface area (Å²) < 4.78 is 26.9. The number of benzene rings is 1. The maximum atomic E-state index is 13.4. The number of hydrogen-bond donors (Lipinski definition) is 3. The van der Waals surface area contributed by atoms with E-state index >= 15 is 0 Å². The van der Waals surface area contributed by atoms with Crippen LogP contribution in [0.1, 0.15) is 0 Å². The van der Waals surface area contributed by atoms with Gasteiger partial charge in [0.2, 0.25) is 0 Å². The molecule has 0 aliphatic carbocycles. The van der Waals surface area contributed by atoms with Crippen molar-refractivity contribution < 1.29 is 8.78 Å². The second-order valence-corrected chi connectivity index (χ2v) is 4.07. The van der Waals surface area contributed by atoms with Gasteiger partial charge in [-0.1, -0.05) is 0 Å². The van der Waals surface area contributed by atoms with Gasteiger partial charge in [-0.25, -0.2) is 24.6 Å². The summed E-state index contributed by atoms with van der Waals surface area (Å²) in [5.41, 5.74) is 2.31. The standard InChI is InChI=1S/C10H8BrF2N5/c11-8-9(15-4-16-10(8)18-14)17-7-3-5(12)1-2-6(7)13/h1-4H,14H2,(H2,15,16,17,18). The smallest absolute Gasteiger partial charge is 0.159 e. The van der Waals surface area contributed by atoms with E-state index in [1.807, 2.05) is 0 Å². The second kappa shape index (κ2) is 5.23. The zero-order valence-electron chi connectivity index (χ0n) is 8.92. The fourth-order valence-electron chi connectivity index (χ4n) is 1.28. The van der Waals surface area contributed by atoms with Crippen molar-refractivity contribution in [2.24, 2.45) is 5.84 Å². The monoisotopic (exact) mass is 315 g/mol. The van der Waals surface area contributed by atoms with Crippen LogP contribution in [-0.2, 0) is 0 Å². The van der Waals surface area contributed by atoms with Crippen LogP contribution in [-0.4, -0.2) is 9.97 Å². The SMILES string of the molecule is NNc1ncnc(Nc2cc(F)ccc2F)c1Br. The van der Waals surface area contributed by atoms with Crippen LogP contribution in [0.5, 0.6) is 0 Å². The molecule has 0 bridgehead atoms. The lowest BCUT2D eigenvalue weighted by Crippen LogP contribution is -2.10. The van der Waals surface area contributed by atoms with E-state index in [1.54, 1.807) is 0 Å². The van der Waals surface area contributed by atoms with E-state index in [4.69, 9.17) is 5.84 Å². The third-order valence-corrected chi connectivity index (χ3v) is 2.86. The Morgan fingerprint density at radius 1 is 1.17 bits per heavy atom. The van der Waals surface area contributed by atoms with Crippen molar-refractivity contribution in [3.05, 3.63) is 40.6 Å². The molecule has 1 aromatic carbocycles. The van der Waals surface area contributed by atoms with Crippen molar-refractivity contribution in [3.8, 4) is 0 Å². The minimum atomic E-state index is -0.593. The van der Waals surface area contributed by atoms with Crippen molar-refractivity contribution in [2.45, 2.75) is 0 Å². The summed E-state index contributed by atoms with van der Waals surface area (Å²) in [4.78, 5) is 7.74. The Morgan fingerprint density at radius 2 is 1.89 bits per heavy atom. The zero-order valence-corrected chi connectivity index (χ0v) is 10.5. The van der Waals surface area contributed by atoms with E-state index < -0.39 is 11.6 Å². The molecule has 94 valence electrons. The van der Waals surface area contributed by atoms with Crippen LogP contribution in [0.15, 0.2) is 29.0 Å². The first kappa shape index (κ1) is 12.7. The van der Waals surface area contributed by atoms with Gasteiger partial charge in [0.05, 0.1) is 5.69 Å². The summed E-state index contributed by atoms with van der Waals surface area (Å²) in [5, 5.41) is 2.65. The Kier molecular flexibility index (Phi) is 3.68. The van der Waals surface area contributed by atoms with Crippen LogP contribution >= 0.6 is 15.9 Å². The molecule has 1 heterocycles. The van der Waals surface area contributed by atoms with Gasteiger partial charge in [-0.05, 0) is 28.1 Å². The van der Waals surface area contributed by atoms with Crippen LogP contribution in [0, 0.1) is 11.6 Å². The Bertz CT molecular complexity index is 578. The predicted molar refractivity (Wildman–Crippen MR) is 67.2 cm³/mol. The molecule has 0 aliphatic heterocycles. The first-order chi connectivity index (χ1) is 8.61. The van der Waals surface area contributed by atoms with Gasteiger partial charge in [0.1, 0.15) is 28.3 Å². The maximum Gasteiger partial charge on any atom is 0.159 e. The number of nitrogens with one attached hydrogen (secondary N) is 2. The molecule has 0 spiro atoms. The summed E-state index contributed by atoms with van der Waals surface area (Å²) >= 11 is 3.20. The van der Waals surface area contributed by atoms with Crippen molar-refractivity contribution in [1.82, 2.24) is 9.97 Å². The molecule has 0 unspecified atom stereocenters. The van der Waals surface area contributed by atoms with Gasteiger partial charge in [0, 0.05) is 6.07 Å². The number of aromatic nitrogens is 2. The number of nitrogens with two attached hydrogens (primary N) is 1. The van der Waals surface area contributed by atoms with E-state index in [0.29, 0.717) is 10.3 Å². The molecule has 0 amide bonds. The number of rotatable bonds is 3. The normalized spacial score (nSPS) is 10.2. The van der Waals surface area contributed by atoms with E-state index in [-0.39, 0.29) is 11.5 Å². The van der Waals surface area contributed by atoms with Gasteiger partial charge in [0.15, 0.2) is 5.82 Å². The van der Waals surface area contributed by atoms with Crippen molar-refractivity contribution in [2.75, 3.05) is 10.7 Å². The zero-order chi connectivity index (χ0) is 13.1. The van der Waals surface area contributed by atoms with Crippen LogP contribution < -0.4 is 16.6 Å². The Labute approximate surface area is 110 Å². The fraction of sp³-hybridized carbons (Fsp3) is 0. The number of nitrogens with zero attached hydrogens (tertiary/aromatic N) is 2. The molecule has 2 rings (SSSR count). The van der Waals surface area contributed by atoms with E-state index in [2.05, 4.69) is 36.6 Å². The minimum Gasteiger partial charge on any atom is -0.337 e. The molecule has 0 aliphatic rings. The van der Waals surface area contributed by atoms with E-state index in [1.165, 1.54) is 6.33 Å². The van der Waals surface area contributed by atoms with Crippen molar-refractivity contribution >= 4 is 33.3 Å². The van der Waals surface area contributed by atoms with E-state index in [9.17, 15) is 8.78 Å². The summed E-state index contributed by atoms with van der Waals surface area (Å²) in [5.74, 6) is 4.68. The largest absolute Gasteiger partial charge is 0.337 e. The molecule has 0 atom stereocenters. The summed E-state index contributed by atoms with van der Waals surface area (Å²) in [6.07, 6.45) is 1.24. The quantitative estimate of drug-likeness (QED) is 0.599. The lowest BCUT2D eigenvalue weighted by atomic mass is 10.3. The molecule has 0 radical (unpaired) electrons. The highest BCUT2D eigenvalue weighted by Crippen LogP contribution is 2.29. The van der Waals surface area contributed by atoms with Gasteiger partial charge < -0.3 is 10.7 Å². The number of hydrogen-bond acceptors (Lipinski definition) is 5. The van der Waals surface area contributed by atoms with Crippen LogP contribution in [0.4, 0.5) is 26.1 Å². The minimum absolute atomic E-state index is 0.0302. The van der Waals surface area contributed by atoms with Crippen molar-refractivity contribution in [1.29, 1.82) is 0 Å². The topological polar surface area (TPSA) is 75.9 Å². The summed E-state index contributed by atoms with van der Waals surface area (Å²) in [6.45, 7) is 0. The molecular weight excluding hydrogens is 308 g/mol. The maximum absolute atomic E-state index is 13.4. The van der Waals surface area contributed by atoms with Crippen LogP contribution in [0.2, 0.25) is 0 Å². The summed E-state index contributed by atoms with van der Waals surface area (Å²) in [6, 6.07) is 3.08. The van der Waals surface area contributed by atoms with E-state index in [0.717, 1.165) is 18.2 Å². The Morgan fingerprint density at radius 3 is 2.61 bits per heavy atom. The number of nitrogen functional groups attached to an aromatic ring is 1. The van der Waals surface area contributed by atoms with Crippen LogP contribution in [0.25, 0.3) is 0 Å². The number of halogens is 3. The molecule has 18 heavy (non-hydrogen) atoms. The molecule has 0 saturated heterocycles. The van der Waals surface area contributed by atoms with Gasteiger partial charge >= 0.3 is 0 Å². The highest BCUT2D eigenvalue weighted by atomic mass is 79.9. The molecule has 4 N–H and O–H groups in total. The highest BCUT2D eigenvalue weighted by Gasteiger charge is 2.10. The fourth-order valence-corrected chi connectivity index (χ4v) is 1.70.